The minimum Gasteiger partial charge on any atom is -0.323 e. The number of hydrogen-bond donors (Lipinski definition) is 1. The normalized spacial score (nSPS) is 19.2. The zero-order chi connectivity index (χ0) is 19.8. The molecule has 148 valence electrons. The molecule has 8 nitrogen and oxygen atoms in total. The van der Waals surface area contributed by atoms with Gasteiger partial charge in [-0.05, 0) is 30.5 Å². The molecule has 0 radical (unpaired) electrons. The van der Waals surface area contributed by atoms with E-state index < -0.39 is 5.54 Å². The van der Waals surface area contributed by atoms with Gasteiger partial charge >= 0.3 is 6.03 Å². The van der Waals surface area contributed by atoms with Crippen LogP contribution in [0.4, 0.5) is 4.79 Å². The summed E-state index contributed by atoms with van der Waals surface area (Å²) in [6.45, 7) is 2.52. The van der Waals surface area contributed by atoms with Crippen molar-refractivity contribution < 1.29 is 9.59 Å². The van der Waals surface area contributed by atoms with E-state index in [9.17, 15) is 9.59 Å². The van der Waals surface area contributed by atoms with E-state index in [0.29, 0.717) is 12.8 Å². The first-order valence-corrected chi connectivity index (χ1v) is 10.4. The number of nitrogens with zero attached hydrogens (tertiary/aromatic N) is 5. The molecule has 4 heterocycles. The maximum Gasteiger partial charge on any atom is 0.325 e. The predicted octanol–water partition coefficient (Wildman–Crippen LogP) is 2.17. The molecule has 3 amide bonds. The Hall–Kier alpha value is -2.91. The van der Waals surface area contributed by atoms with Crippen LogP contribution in [0.2, 0.25) is 0 Å². The molecule has 2 saturated heterocycles. The third kappa shape index (κ3) is 3.36. The highest BCUT2D eigenvalue weighted by atomic mass is 32.1. The van der Waals surface area contributed by atoms with E-state index in [1.54, 1.807) is 23.7 Å². The van der Waals surface area contributed by atoms with Gasteiger partial charge in [-0.3, -0.25) is 14.6 Å². The fourth-order valence-electron chi connectivity index (χ4n) is 4.11. The van der Waals surface area contributed by atoms with Crippen molar-refractivity contribution in [3.63, 3.8) is 0 Å². The number of likely N-dealkylation sites (tertiary alicyclic amines) is 1. The number of rotatable bonds is 4. The largest absolute Gasteiger partial charge is 0.325 e. The number of carbonyl (C=O) groups is 2. The van der Waals surface area contributed by atoms with E-state index in [-0.39, 0.29) is 18.5 Å². The first kappa shape index (κ1) is 18.1. The van der Waals surface area contributed by atoms with E-state index in [0.717, 1.165) is 30.7 Å². The summed E-state index contributed by atoms with van der Waals surface area (Å²) in [5.41, 5.74) is 4.05. The molecule has 1 N–H and O–H groups in total. The highest BCUT2D eigenvalue weighted by molar-refractivity contribution is 7.16. The van der Waals surface area contributed by atoms with Gasteiger partial charge in [0.2, 0.25) is 0 Å². The number of aromatic nitrogens is 3. The van der Waals surface area contributed by atoms with Crippen molar-refractivity contribution in [2.75, 3.05) is 13.1 Å². The smallest absolute Gasteiger partial charge is 0.323 e. The van der Waals surface area contributed by atoms with Crippen molar-refractivity contribution >= 4 is 33.5 Å². The molecular formula is C20H20N6O2S. The SMILES string of the molecule is O=C1NC2(CCN(Cc3ccc4scnc4c3)CC2)C(=O)N1Cc1cncnc1. The molecule has 2 aromatic heterocycles. The van der Waals surface area contributed by atoms with E-state index in [1.165, 1.54) is 21.5 Å². The van der Waals surface area contributed by atoms with Crippen LogP contribution in [0.5, 0.6) is 0 Å². The molecule has 2 aliphatic heterocycles. The van der Waals surface area contributed by atoms with Crippen molar-refractivity contribution in [2.45, 2.75) is 31.5 Å². The fraction of sp³-hybridized carbons (Fsp3) is 0.350. The summed E-state index contributed by atoms with van der Waals surface area (Å²) in [7, 11) is 0. The van der Waals surface area contributed by atoms with Crippen LogP contribution in [0.3, 0.4) is 0 Å². The average molecular weight is 408 g/mol. The number of benzene rings is 1. The molecule has 2 aliphatic rings. The van der Waals surface area contributed by atoms with Gasteiger partial charge < -0.3 is 5.32 Å². The molecular weight excluding hydrogens is 388 g/mol. The monoisotopic (exact) mass is 408 g/mol. The zero-order valence-corrected chi connectivity index (χ0v) is 16.6. The van der Waals surface area contributed by atoms with Gasteiger partial charge in [-0.2, -0.15) is 0 Å². The second-order valence-electron chi connectivity index (χ2n) is 7.58. The first-order valence-electron chi connectivity index (χ1n) is 9.55. The lowest BCUT2D eigenvalue weighted by Gasteiger charge is -2.37. The van der Waals surface area contributed by atoms with Gasteiger partial charge in [0.1, 0.15) is 11.9 Å². The molecule has 0 atom stereocenters. The lowest BCUT2D eigenvalue weighted by atomic mass is 9.87. The molecule has 1 aromatic carbocycles. The van der Waals surface area contributed by atoms with Gasteiger partial charge in [-0.1, -0.05) is 6.07 Å². The third-order valence-electron chi connectivity index (χ3n) is 5.71. The van der Waals surface area contributed by atoms with Crippen molar-refractivity contribution in [1.82, 2.24) is 30.1 Å². The lowest BCUT2D eigenvalue weighted by Crippen LogP contribution is -2.54. The number of amides is 3. The van der Waals surface area contributed by atoms with Crippen molar-refractivity contribution in [1.29, 1.82) is 0 Å². The van der Waals surface area contributed by atoms with E-state index in [1.807, 2.05) is 5.51 Å². The Morgan fingerprint density at radius 2 is 1.86 bits per heavy atom. The Kier molecular flexibility index (Phi) is 4.48. The summed E-state index contributed by atoms with van der Waals surface area (Å²) in [5, 5.41) is 2.96. The van der Waals surface area contributed by atoms with Gasteiger partial charge in [-0.15, -0.1) is 11.3 Å². The highest BCUT2D eigenvalue weighted by Gasteiger charge is 2.52. The Morgan fingerprint density at radius 1 is 1.07 bits per heavy atom. The standard InChI is InChI=1S/C20H20N6O2S/c27-18-20(24-19(28)26(18)11-15-8-21-12-22-9-15)3-5-25(6-4-20)10-14-1-2-17-16(7-14)23-13-29-17/h1-2,7-9,12-13H,3-6,10-11H2,(H,24,28). The molecule has 0 bridgehead atoms. The predicted molar refractivity (Wildman–Crippen MR) is 108 cm³/mol. The number of thiazole rings is 1. The minimum absolute atomic E-state index is 0.144. The number of fused-ring (bicyclic) bond motifs is 1. The lowest BCUT2D eigenvalue weighted by molar-refractivity contribution is -0.133. The molecule has 2 fully saturated rings. The second kappa shape index (κ2) is 7.16. The van der Waals surface area contributed by atoms with Crippen LogP contribution < -0.4 is 5.32 Å². The van der Waals surface area contributed by atoms with Crippen LogP contribution in [0, 0.1) is 0 Å². The second-order valence-corrected chi connectivity index (χ2v) is 8.47. The van der Waals surface area contributed by atoms with Crippen molar-refractivity contribution in [3.8, 4) is 0 Å². The Balaban J connectivity index is 1.24. The van der Waals surface area contributed by atoms with Crippen molar-refractivity contribution in [2.24, 2.45) is 0 Å². The number of carbonyl (C=O) groups excluding carboxylic acids is 2. The van der Waals surface area contributed by atoms with Gasteiger partial charge in [0.05, 0.1) is 22.3 Å². The van der Waals surface area contributed by atoms with E-state index in [2.05, 4.69) is 43.4 Å². The average Bonchev–Trinajstić information content (AvgIpc) is 3.29. The summed E-state index contributed by atoms with van der Waals surface area (Å²) in [6.07, 6.45) is 5.90. The van der Waals surface area contributed by atoms with Gasteiger partial charge in [0, 0.05) is 37.6 Å². The summed E-state index contributed by atoms with van der Waals surface area (Å²) < 4.78 is 1.19. The first-order chi connectivity index (χ1) is 14.1. The third-order valence-corrected chi connectivity index (χ3v) is 6.52. The topological polar surface area (TPSA) is 91.3 Å². The van der Waals surface area contributed by atoms with Crippen LogP contribution in [0.15, 0.2) is 42.4 Å². The van der Waals surface area contributed by atoms with Crippen LogP contribution >= 0.6 is 11.3 Å². The van der Waals surface area contributed by atoms with E-state index in [4.69, 9.17) is 0 Å². The molecule has 1 spiro atoms. The minimum atomic E-state index is -0.790. The zero-order valence-electron chi connectivity index (χ0n) is 15.7. The van der Waals surface area contributed by atoms with E-state index >= 15 is 0 Å². The number of urea groups is 1. The fourth-order valence-corrected chi connectivity index (χ4v) is 4.76. The van der Waals surface area contributed by atoms with Gasteiger partial charge in [0.25, 0.3) is 5.91 Å². The Bertz CT molecular complexity index is 1060. The summed E-state index contributed by atoms with van der Waals surface area (Å²) in [4.78, 5) is 41.4. The molecule has 9 heteroatoms. The van der Waals surface area contributed by atoms with Crippen LogP contribution in [0.25, 0.3) is 10.2 Å². The summed E-state index contributed by atoms with van der Waals surface area (Å²) in [6, 6.07) is 6.04. The summed E-state index contributed by atoms with van der Waals surface area (Å²) >= 11 is 1.64. The molecule has 29 heavy (non-hydrogen) atoms. The quantitative estimate of drug-likeness (QED) is 0.666. The maximum atomic E-state index is 13.1. The number of imide groups is 1. The van der Waals surface area contributed by atoms with Crippen LogP contribution in [-0.4, -0.2) is 55.3 Å². The molecule has 3 aromatic rings. The van der Waals surface area contributed by atoms with Gasteiger partial charge in [-0.25, -0.2) is 19.7 Å². The Labute approximate surface area is 171 Å². The molecule has 0 aliphatic carbocycles. The van der Waals surface area contributed by atoms with Crippen molar-refractivity contribution in [3.05, 3.63) is 53.6 Å². The molecule has 0 unspecified atom stereocenters. The maximum absolute atomic E-state index is 13.1. The number of piperidine rings is 1. The molecule has 0 saturated carbocycles. The van der Waals surface area contributed by atoms with Gasteiger partial charge in [0.15, 0.2) is 0 Å². The Morgan fingerprint density at radius 3 is 2.66 bits per heavy atom. The number of nitrogens with one attached hydrogen (secondary N) is 1. The van der Waals surface area contributed by atoms with Crippen LogP contribution in [-0.2, 0) is 17.9 Å². The molecule has 5 rings (SSSR count). The summed E-state index contributed by atoms with van der Waals surface area (Å²) in [5.74, 6) is -0.144. The highest BCUT2D eigenvalue weighted by Crippen LogP contribution is 2.31. The number of hydrogen-bond acceptors (Lipinski definition) is 7. The van der Waals surface area contributed by atoms with Crippen LogP contribution in [0.1, 0.15) is 24.0 Å².